The van der Waals surface area contributed by atoms with Gasteiger partial charge < -0.3 is 14.5 Å². The Morgan fingerprint density at radius 3 is 2.55 bits per heavy atom. The maximum atomic E-state index is 13.1. The van der Waals surface area contributed by atoms with E-state index in [0.29, 0.717) is 13.1 Å². The quantitative estimate of drug-likeness (QED) is 0.508. The molecule has 2 aromatic heterocycles. The van der Waals surface area contributed by atoms with Crippen LogP contribution in [0.15, 0.2) is 60.7 Å². The summed E-state index contributed by atoms with van der Waals surface area (Å²) in [6.07, 6.45) is 0. The minimum Gasteiger partial charge on any atom is -0.495 e. The van der Waals surface area contributed by atoms with E-state index >= 15 is 0 Å². The Labute approximate surface area is 173 Å². The first-order chi connectivity index (χ1) is 14.2. The van der Waals surface area contributed by atoms with Crippen molar-refractivity contribution in [3.8, 4) is 5.75 Å². The number of aromatic nitrogens is 1. The molecule has 1 aliphatic heterocycles. The number of amides is 1. The average Bonchev–Trinajstić information content (AvgIpc) is 3.20. The lowest BCUT2D eigenvalue weighted by Gasteiger charge is -2.36. The van der Waals surface area contributed by atoms with Crippen molar-refractivity contribution < 1.29 is 9.53 Å². The van der Waals surface area contributed by atoms with Gasteiger partial charge in [-0.15, -0.1) is 11.3 Å². The molecule has 3 heterocycles. The van der Waals surface area contributed by atoms with Gasteiger partial charge in [0.2, 0.25) is 0 Å². The number of hydrogen-bond acceptors (Lipinski definition) is 5. The summed E-state index contributed by atoms with van der Waals surface area (Å²) in [4.78, 5) is 23.7. The average molecular weight is 404 g/mol. The topological polar surface area (TPSA) is 45.7 Å². The molecule has 6 heteroatoms. The molecule has 4 aromatic rings. The van der Waals surface area contributed by atoms with Gasteiger partial charge in [-0.05, 0) is 30.3 Å². The third-order valence-corrected chi connectivity index (χ3v) is 6.45. The van der Waals surface area contributed by atoms with Crippen molar-refractivity contribution in [2.45, 2.75) is 0 Å². The van der Waals surface area contributed by atoms with Gasteiger partial charge in [0, 0.05) is 37.0 Å². The first-order valence-electron chi connectivity index (χ1n) is 9.69. The molecule has 0 bridgehead atoms. The molecule has 1 aliphatic rings. The Hall–Kier alpha value is -3.12. The monoisotopic (exact) mass is 403 g/mol. The number of fused-ring (bicyclic) bond motifs is 2. The van der Waals surface area contributed by atoms with E-state index in [4.69, 9.17) is 9.72 Å². The van der Waals surface area contributed by atoms with Crippen molar-refractivity contribution in [1.82, 2.24) is 9.88 Å². The molecule has 5 rings (SSSR count). The number of pyridine rings is 1. The van der Waals surface area contributed by atoms with Crippen LogP contribution in [0.4, 0.5) is 5.69 Å². The Balaban J connectivity index is 1.34. The Morgan fingerprint density at radius 2 is 1.72 bits per heavy atom. The molecule has 2 aromatic carbocycles. The lowest BCUT2D eigenvalue weighted by atomic mass is 10.2. The predicted octanol–water partition coefficient (Wildman–Crippen LogP) is 4.42. The van der Waals surface area contributed by atoms with Crippen LogP contribution in [0.2, 0.25) is 0 Å². The van der Waals surface area contributed by atoms with Crippen molar-refractivity contribution in [2.75, 3.05) is 38.2 Å². The van der Waals surface area contributed by atoms with Gasteiger partial charge in [-0.1, -0.05) is 30.3 Å². The molecule has 0 unspecified atom stereocenters. The van der Waals surface area contributed by atoms with Crippen LogP contribution in [-0.4, -0.2) is 49.1 Å². The molecule has 1 saturated heterocycles. The van der Waals surface area contributed by atoms with E-state index in [1.165, 1.54) is 11.3 Å². The maximum Gasteiger partial charge on any atom is 0.264 e. The number of methoxy groups -OCH3 is 1. The molecule has 0 atom stereocenters. The summed E-state index contributed by atoms with van der Waals surface area (Å²) in [5.74, 6) is 0.964. The molecule has 0 aliphatic carbocycles. The highest BCUT2D eigenvalue weighted by Crippen LogP contribution is 2.30. The van der Waals surface area contributed by atoms with Gasteiger partial charge in [0.05, 0.1) is 23.2 Å². The molecule has 1 fully saturated rings. The Bertz CT molecular complexity index is 1140. The minimum absolute atomic E-state index is 0.0942. The number of rotatable bonds is 3. The number of para-hydroxylation sites is 3. The molecule has 1 amide bonds. The van der Waals surface area contributed by atoms with E-state index in [2.05, 4.69) is 23.1 Å². The molecule has 146 valence electrons. The Morgan fingerprint density at radius 1 is 0.966 bits per heavy atom. The molecular formula is C23H21N3O2S. The number of hydrogen-bond donors (Lipinski definition) is 0. The molecule has 29 heavy (non-hydrogen) atoms. The lowest BCUT2D eigenvalue weighted by Crippen LogP contribution is -2.48. The predicted molar refractivity (Wildman–Crippen MR) is 118 cm³/mol. The Kier molecular flexibility index (Phi) is 4.56. The fraction of sp³-hybridized carbons (Fsp3) is 0.217. The van der Waals surface area contributed by atoms with E-state index in [9.17, 15) is 4.79 Å². The third kappa shape index (κ3) is 3.29. The smallest absolute Gasteiger partial charge is 0.264 e. The second-order valence-corrected chi connectivity index (χ2v) is 8.17. The number of anilines is 1. The maximum absolute atomic E-state index is 13.1. The molecule has 0 spiro atoms. The van der Waals surface area contributed by atoms with Gasteiger partial charge in [-0.25, -0.2) is 4.98 Å². The summed E-state index contributed by atoms with van der Waals surface area (Å²) >= 11 is 1.48. The fourth-order valence-corrected chi connectivity index (χ4v) is 4.87. The van der Waals surface area contributed by atoms with Crippen molar-refractivity contribution in [2.24, 2.45) is 0 Å². The van der Waals surface area contributed by atoms with Gasteiger partial charge in [-0.2, -0.15) is 0 Å². The van der Waals surface area contributed by atoms with E-state index in [1.54, 1.807) is 7.11 Å². The summed E-state index contributed by atoms with van der Waals surface area (Å²) in [7, 11) is 1.69. The molecule has 5 nitrogen and oxygen atoms in total. The van der Waals surface area contributed by atoms with Crippen LogP contribution < -0.4 is 9.64 Å². The van der Waals surface area contributed by atoms with Crippen LogP contribution in [0.1, 0.15) is 9.67 Å². The summed E-state index contributed by atoms with van der Waals surface area (Å²) in [5.41, 5.74) is 2.05. The summed E-state index contributed by atoms with van der Waals surface area (Å²) < 4.78 is 5.48. The van der Waals surface area contributed by atoms with Crippen molar-refractivity contribution in [3.05, 3.63) is 65.5 Å². The van der Waals surface area contributed by atoms with Gasteiger partial charge >= 0.3 is 0 Å². The normalized spacial score (nSPS) is 14.5. The summed E-state index contributed by atoms with van der Waals surface area (Å²) in [6.45, 7) is 2.97. The highest BCUT2D eigenvalue weighted by molar-refractivity contribution is 7.20. The zero-order valence-electron chi connectivity index (χ0n) is 16.2. The summed E-state index contributed by atoms with van der Waals surface area (Å²) in [5, 5.41) is 2.13. The number of carbonyl (C=O) groups excluding carboxylic acids is 1. The third-order valence-electron chi connectivity index (χ3n) is 5.41. The van der Waals surface area contributed by atoms with Crippen LogP contribution >= 0.6 is 11.3 Å². The van der Waals surface area contributed by atoms with Crippen LogP contribution in [0, 0.1) is 0 Å². The molecule has 0 N–H and O–H groups in total. The standard InChI is InChI=1S/C23H21N3O2S/c1-28-20-9-5-4-8-19(20)25-10-12-26(13-11-25)23(27)21-15-17-14-16-6-2-3-7-18(16)24-22(17)29-21/h2-9,14-15H,10-13H2,1H3. The number of thiophene rings is 1. The number of carbonyl (C=O) groups is 1. The first kappa shape index (κ1) is 17.9. The van der Waals surface area contributed by atoms with Gasteiger partial charge in [0.1, 0.15) is 10.6 Å². The number of piperazine rings is 1. The van der Waals surface area contributed by atoms with Crippen molar-refractivity contribution in [1.29, 1.82) is 0 Å². The van der Waals surface area contributed by atoms with Gasteiger partial charge in [0.25, 0.3) is 5.91 Å². The second-order valence-electron chi connectivity index (χ2n) is 7.14. The number of nitrogens with zero attached hydrogens (tertiary/aromatic N) is 3. The van der Waals surface area contributed by atoms with Crippen LogP contribution in [-0.2, 0) is 0 Å². The van der Waals surface area contributed by atoms with Crippen molar-refractivity contribution >= 4 is 44.1 Å². The first-order valence-corrected chi connectivity index (χ1v) is 10.5. The van der Waals surface area contributed by atoms with E-state index in [-0.39, 0.29) is 5.91 Å². The fourth-order valence-electron chi connectivity index (χ4n) is 3.88. The molecule has 0 saturated carbocycles. The van der Waals surface area contributed by atoms with Crippen molar-refractivity contribution in [3.63, 3.8) is 0 Å². The van der Waals surface area contributed by atoms with Crippen LogP contribution in [0.25, 0.3) is 21.1 Å². The van der Waals surface area contributed by atoms with E-state index < -0.39 is 0 Å². The lowest BCUT2D eigenvalue weighted by molar-refractivity contribution is 0.0751. The minimum atomic E-state index is 0.0942. The highest BCUT2D eigenvalue weighted by atomic mass is 32.1. The zero-order chi connectivity index (χ0) is 19.8. The van der Waals surface area contributed by atoms with E-state index in [0.717, 1.165) is 50.5 Å². The van der Waals surface area contributed by atoms with Gasteiger partial charge in [0.15, 0.2) is 0 Å². The highest BCUT2D eigenvalue weighted by Gasteiger charge is 2.25. The largest absolute Gasteiger partial charge is 0.495 e. The summed E-state index contributed by atoms with van der Waals surface area (Å²) in [6, 6.07) is 20.2. The van der Waals surface area contributed by atoms with E-state index in [1.807, 2.05) is 47.4 Å². The molecular weight excluding hydrogens is 382 g/mol. The number of ether oxygens (including phenoxy) is 1. The zero-order valence-corrected chi connectivity index (χ0v) is 17.0. The second kappa shape index (κ2) is 7.37. The number of benzene rings is 2. The van der Waals surface area contributed by atoms with Crippen LogP contribution in [0.5, 0.6) is 5.75 Å². The molecule has 0 radical (unpaired) electrons. The SMILES string of the molecule is COc1ccccc1N1CCN(C(=O)c2cc3cc4ccccc4nc3s2)CC1. The van der Waals surface area contributed by atoms with Crippen LogP contribution in [0.3, 0.4) is 0 Å². The van der Waals surface area contributed by atoms with Gasteiger partial charge in [-0.3, -0.25) is 4.79 Å².